The maximum absolute atomic E-state index is 13.1. The van der Waals surface area contributed by atoms with Gasteiger partial charge >= 0.3 is 0 Å². The minimum Gasteiger partial charge on any atom is -0.487 e. The average Bonchev–Trinajstić information content (AvgIpc) is 3.12. The number of benzene rings is 2. The van der Waals surface area contributed by atoms with Crippen molar-refractivity contribution in [2.45, 2.75) is 38.3 Å². The van der Waals surface area contributed by atoms with E-state index in [4.69, 9.17) is 14.2 Å². The maximum atomic E-state index is 13.1. The van der Waals surface area contributed by atoms with E-state index >= 15 is 0 Å². The Morgan fingerprint density at radius 3 is 2.76 bits per heavy atom. The fraction of sp³-hybridized carbons (Fsp3) is 0.357. The fourth-order valence-corrected chi connectivity index (χ4v) is 4.51. The van der Waals surface area contributed by atoms with Gasteiger partial charge in [0, 0.05) is 36.7 Å². The molecule has 0 spiro atoms. The highest BCUT2D eigenvalue weighted by molar-refractivity contribution is 5.79. The van der Waals surface area contributed by atoms with Crippen molar-refractivity contribution in [3.8, 4) is 22.6 Å². The van der Waals surface area contributed by atoms with Gasteiger partial charge in [-0.2, -0.15) is 0 Å². The number of hydrogen-bond acceptors (Lipinski definition) is 5. The predicted molar refractivity (Wildman–Crippen MR) is 130 cm³/mol. The van der Waals surface area contributed by atoms with Gasteiger partial charge in [0.1, 0.15) is 13.2 Å². The summed E-state index contributed by atoms with van der Waals surface area (Å²) in [4.78, 5) is 19.3. The molecule has 6 nitrogen and oxygen atoms in total. The van der Waals surface area contributed by atoms with Crippen LogP contribution in [0.15, 0.2) is 67.0 Å². The Balaban J connectivity index is 1.41. The van der Waals surface area contributed by atoms with Crippen LogP contribution in [0.25, 0.3) is 11.1 Å². The summed E-state index contributed by atoms with van der Waals surface area (Å²) in [6.07, 6.45) is 7.35. The van der Waals surface area contributed by atoms with Crippen molar-refractivity contribution in [1.82, 2.24) is 9.88 Å². The van der Waals surface area contributed by atoms with Crippen molar-refractivity contribution in [3.63, 3.8) is 0 Å². The van der Waals surface area contributed by atoms with Gasteiger partial charge in [0.05, 0.1) is 19.1 Å². The first-order valence-electron chi connectivity index (χ1n) is 12.0. The Labute approximate surface area is 200 Å². The topological polar surface area (TPSA) is 60.9 Å². The van der Waals surface area contributed by atoms with Gasteiger partial charge in [-0.15, -0.1) is 0 Å². The monoisotopic (exact) mass is 458 g/mol. The summed E-state index contributed by atoms with van der Waals surface area (Å²) < 4.78 is 18.3. The third kappa shape index (κ3) is 5.39. The molecule has 176 valence electrons. The van der Waals surface area contributed by atoms with E-state index in [-0.39, 0.29) is 12.0 Å². The van der Waals surface area contributed by atoms with E-state index < -0.39 is 0 Å². The zero-order valence-corrected chi connectivity index (χ0v) is 19.3. The maximum Gasteiger partial charge on any atom is 0.227 e. The highest BCUT2D eigenvalue weighted by Gasteiger charge is 2.25. The fourth-order valence-electron chi connectivity index (χ4n) is 4.51. The normalized spacial score (nSPS) is 17.9. The SMILES string of the molecule is O=C(Cc1ccccc1)N1CCOc2c(cc(-c3cccnc3)cc2OCC2CCCCO2)C1. The molecule has 1 aromatic heterocycles. The molecule has 0 N–H and O–H groups in total. The summed E-state index contributed by atoms with van der Waals surface area (Å²) in [6, 6.07) is 17.9. The van der Waals surface area contributed by atoms with Gasteiger partial charge in [-0.1, -0.05) is 36.4 Å². The predicted octanol–water partition coefficient (Wildman–Crippen LogP) is 4.66. The molecule has 6 heteroatoms. The van der Waals surface area contributed by atoms with E-state index in [0.717, 1.165) is 53.9 Å². The van der Waals surface area contributed by atoms with Crippen LogP contribution in [-0.2, 0) is 22.5 Å². The van der Waals surface area contributed by atoms with Crippen LogP contribution in [0.3, 0.4) is 0 Å². The molecule has 0 bridgehead atoms. The highest BCUT2D eigenvalue weighted by Crippen LogP contribution is 2.39. The van der Waals surface area contributed by atoms with Crippen molar-refractivity contribution in [3.05, 3.63) is 78.1 Å². The second-order valence-electron chi connectivity index (χ2n) is 8.83. The molecule has 0 saturated carbocycles. The van der Waals surface area contributed by atoms with Crippen LogP contribution in [0.2, 0.25) is 0 Å². The summed E-state index contributed by atoms with van der Waals surface area (Å²) in [5.41, 5.74) is 3.95. The summed E-state index contributed by atoms with van der Waals surface area (Å²) >= 11 is 0. The van der Waals surface area contributed by atoms with E-state index in [2.05, 4.69) is 11.1 Å². The van der Waals surface area contributed by atoms with Crippen molar-refractivity contribution < 1.29 is 19.0 Å². The van der Waals surface area contributed by atoms with Crippen LogP contribution >= 0.6 is 0 Å². The van der Waals surface area contributed by atoms with Gasteiger partial charge in [0.25, 0.3) is 0 Å². The molecule has 2 aliphatic rings. The van der Waals surface area contributed by atoms with Crippen LogP contribution in [0.1, 0.15) is 30.4 Å². The van der Waals surface area contributed by atoms with Crippen LogP contribution in [0.5, 0.6) is 11.5 Å². The van der Waals surface area contributed by atoms with Gasteiger partial charge in [-0.05, 0) is 48.6 Å². The minimum absolute atomic E-state index is 0.0903. The van der Waals surface area contributed by atoms with E-state index in [1.54, 1.807) is 6.20 Å². The Kier molecular flexibility index (Phi) is 7.05. The Bertz CT molecular complexity index is 1100. The number of hydrogen-bond donors (Lipinski definition) is 0. The third-order valence-electron chi connectivity index (χ3n) is 6.35. The van der Waals surface area contributed by atoms with E-state index in [1.165, 1.54) is 0 Å². The number of amides is 1. The summed E-state index contributed by atoms with van der Waals surface area (Å²) in [5.74, 6) is 1.51. The largest absolute Gasteiger partial charge is 0.487 e. The second-order valence-corrected chi connectivity index (χ2v) is 8.83. The number of carbonyl (C=O) groups excluding carboxylic acids is 1. The quantitative estimate of drug-likeness (QED) is 0.538. The molecule has 1 amide bonds. The number of pyridine rings is 1. The van der Waals surface area contributed by atoms with Gasteiger partial charge < -0.3 is 19.1 Å². The number of carbonyl (C=O) groups is 1. The lowest BCUT2D eigenvalue weighted by Crippen LogP contribution is -2.33. The molecule has 1 fully saturated rings. The first-order chi connectivity index (χ1) is 16.8. The van der Waals surface area contributed by atoms with E-state index in [0.29, 0.717) is 38.5 Å². The summed E-state index contributed by atoms with van der Waals surface area (Å²) in [7, 11) is 0. The lowest BCUT2D eigenvalue weighted by atomic mass is 10.0. The molecule has 1 unspecified atom stereocenters. The molecule has 3 aromatic rings. The van der Waals surface area contributed by atoms with E-state index in [9.17, 15) is 4.79 Å². The molecule has 2 aromatic carbocycles. The van der Waals surface area contributed by atoms with Crippen LogP contribution in [0, 0.1) is 0 Å². The minimum atomic E-state index is 0.0903. The first-order valence-corrected chi connectivity index (χ1v) is 12.0. The molecule has 1 atom stereocenters. The standard InChI is InChI=1S/C28H30N2O4/c31-27(15-21-7-2-1-3-8-21)30-12-14-33-28-24(19-30)16-23(22-9-6-11-29-18-22)17-26(28)34-20-25-10-4-5-13-32-25/h1-3,6-9,11,16-18,25H,4-5,10,12-15,19-20H2. The molecule has 3 heterocycles. The van der Waals surface area contributed by atoms with Gasteiger partial charge in [-0.25, -0.2) is 0 Å². The van der Waals surface area contributed by atoms with E-state index in [1.807, 2.05) is 59.6 Å². The van der Waals surface area contributed by atoms with Crippen molar-refractivity contribution in [2.24, 2.45) is 0 Å². The molecule has 0 aliphatic carbocycles. The number of ether oxygens (including phenoxy) is 3. The van der Waals surface area contributed by atoms with Crippen molar-refractivity contribution in [2.75, 3.05) is 26.4 Å². The Morgan fingerprint density at radius 2 is 1.97 bits per heavy atom. The Hall–Kier alpha value is -3.38. The molecule has 5 rings (SSSR count). The number of rotatable bonds is 6. The van der Waals surface area contributed by atoms with Gasteiger partial charge in [0.15, 0.2) is 11.5 Å². The molecule has 34 heavy (non-hydrogen) atoms. The smallest absolute Gasteiger partial charge is 0.227 e. The molecule has 2 aliphatic heterocycles. The zero-order valence-electron chi connectivity index (χ0n) is 19.3. The van der Waals surface area contributed by atoms with Crippen molar-refractivity contribution >= 4 is 5.91 Å². The zero-order chi connectivity index (χ0) is 23.2. The third-order valence-corrected chi connectivity index (χ3v) is 6.35. The average molecular weight is 459 g/mol. The molecule has 1 saturated heterocycles. The van der Waals surface area contributed by atoms with Crippen LogP contribution < -0.4 is 9.47 Å². The number of aromatic nitrogens is 1. The van der Waals surface area contributed by atoms with Crippen molar-refractivity contribution in [1.29, 1.82) is 0 Å². The molecular formula is C28H30N2O4. The second kappa shape index (κ2) is 10.7. The van der Waals surface area contributed by atoms with Gasteiger partial charge in [0.2, 0.25) is 5.91 Å². The summed E-state index contributed by atoms with van der Waals surface area (Å²) in [5, 5.41) is 0. The summed E-state index contributed by atoms with van der Waals surface area (Å²) in [6.45, 7) is 2.72. The first kappa shape index (κ1) is 22.4. The lowest BCUT2D eigenvalue weighted by molar-refractivity contribution is -0.131. The molecule has 0 radical (unpaired) electrons. The number of nitrogens with zero attached hydrogens (tertiary/aromatic N) is 2. The van der Waals surface area contributed by atoms with Gasteiger partial charge in [-0.3, -0.25) is 9.78 Å². The number of fused-ring (bicyclic) bond motifs is 1. The lowest BCUT2D eigenvalue weighted by Gasteiger charge is -2.24. The Morgan fingerprint density at radius 1 is 1.06 bits per heavy atom. The van der Waals surface area contributed by atoms with Crippen LogP contribution in [0.4, 0.5) is 0 Å². The highest BCUT2D eigenvalue weighted by atomic mass is 16.5. The van der Waals surface area contributed by atoms with Crippen LogP contribution in [-0.4, -0.2) is 48.3 Å². The molecular weight excluding hydrogens is 428 g/mol.